The predicted molar refractivity (Wildman–Crippen MR) is 55.2 cm³/mol. The van der Waals surface area contributed by atoms with Gasteiger partial charge in [-0.05, 0) is 13.0 Å². The monoisotopic (exact) mass is 210 g/mol. The van der Waals surface area contributed by atoms with Gasteiger partial charge in [0.15, 0.2) is 0 Å². The zero-order valence-corrected chi connectivity index (χ0v) is 8.78. The van der Waals surface area contributed by atoms with Crippen LogP contribution in [0.25, 0.3) is 0 Å². The van der Waals surface area contributed by atoms with Gasteiger partial charge in [-0.15, -0.1) is 0 Å². The Morgan fingerprint density at radius 1 is 1.47 bits per heavy atom. The molecule has 3 N–H and O–H groups in total. The van der Waals surface area contributed by atoms with Crippen LogP contribution in [0.3, 0.4) is 0 Å². The maximum absolute atomic E-state index is 7.25. The van der Waals surface area contributed by atoms with Crippen molar-refractivity contribution in [2.45, 2.75) is 6.92 Å². The van der Waals surface area contributed by atoms with Gasteiger partial charge in [0.05, 0.1) is 6.61 Å². The van der Waals surface area contributed by atoms with Crippen LogP contribution in [0.2, 0.25) is 0 Å². The number of nitrogen functional groups attached to an aromatic ring is 1. The molecule has 0 amide bonds. The minimum atomic E-state index is -0.0999. The standard InChI is InChI=1S/C9H14N4O2/c1-6-5-7(8(10)11)13-9(12-6)15-4-3-14-2/h5H,3-4H2,1-2H3,(H3,10,11). The molecule has 1 aromatic heterocycles. The molecule has 0 bridgehead atoms. The number of rotatable bonds is 5. The van der Waals surface area contributed by atoms with Gasteiger partial charge < -0.3 is 15.2 Å². The van der Waals surface area contributed by atoms with Crippen molar-refractivity contribution in [3.8, 4) is 6.01 Å². The maximum Gasteiger partial charge on any atom is 0.317 e. The van der Waals surface area contributed by atoms with E-state index in [1.807, 2.05) is 0 Å². The lowest BCUT2D eigenvalue weighted by Gasteiger charge is -2.06. The highest BCUT2D eigenvalue weighted by atomic mass is 16.5. The van der Waals surface area contributed by atoms with Crippen LogP contribution >= 0.6 is 0 Å². The first-order valence-corrected chi connectivity index (χ1v) is 4.45. The fourth-order valence-electron chi connectivity index (χ4n) is 0.960. The number of aryl methyl sites for hydroxylation is 1. The fraction of sp³-hybridized carbons (Fsp3) is 0.444. The molecule has 0 aliphatic heterocycles. The van der Waals surface area contributed by atoms with Crippen molar-refractivity contribution in [2.24, 2.45) is 5.73 Å². The van der Waals surface area contributed by atoms with E-state index in [0.29, 0.717) is 24.6 Å². The van der Waals surface area contributed by atoms with E-state index in [1.165, 1.54) is 0 Å². The van der Waals surface area contributed by atoms with Crippen molar-refractivity contribution in [3.63, 3.8) is 0 Å². The topological polar surface area (TPSA) is 94.1 Å². The Morgan fingerprint density at radius 2 is 2.20 bits per heavy atom. The van der Waals surface area contributed by atoms with E-state index in [-0.39, 0.29) is 11.8 Å². The minimum Gasteiger partial charge on any atom is -0.461 e. The van der Waals surface area contributed by atoms with Crippen LogP contribution in [-0.2, 0) is 4.74 Å². The number of ether oxygens (including phenoxy) is 2. The largest absolute Gasteiger partial charge is 0.461 e. The molecule has 82 valence electrons. The van der Waals surface area contributed by atoms with E-state index >= 15 is 0 Å². The summed E-state index contributed by atoms with van der Waals surface area (Å²) in [5, 5.41) is 7.25. The highest BCUT2D eigenvalue weighted by Crippen LogP contribution is 2.06. The number of methoxy groups -OCH3 is 1. The van der Waals surface area contributed by atoms with Gasteiger partial charge in [-0.1, -0.05) is 0 Å². The van der Waals surface area contributed by atoms with Gasteiger partial charge in [-0.3, -0.25) is 5.41 Å². The second-order valence-corrected chi connectivity index (χ2v) is 2.93. The van der Waals surface area contributed by atoms with Crippen LogP contribution in [0.5, 0.6) is 6.01 Å². The van der Waals surface area contributed by atoms with Crippen LogP contribution < -0.4 is 10.5 Å². The molecule has 0 atom stereocenters. The second kappa shape index (κ2) is 5.26. The Bertz CT molecular complexity index is 354. The summed E-state index contributed by atoms with van der Waals surface area (Å²) >= 11 is 0. The number of amidine groups is 1. The second-order valence-electron chi connectivity index (χ2n) is 2.93. The number of hydrogen-bond acceptors (Lipinski definition) is 5. The van der Waals surface area contributed by atoms with Crippen LogP contribution in [0.1, 0.15) is 11.4 Å². The molecule has 6 heteroatoms. The number of aromatic nitrogens is 2. The summed E-state index contributed by atoms with van der Waals surface area (Å²) in [5.74, 6) is -0.0999. The summed E-state index contributed by atoms with van der Waals surface area (Å²) in [6.07, 6.45) is 0. The molecule has 15 heavy (non-hydrogen) atoms. The van der Waals surface area contributed by atoms with Gasteiger partial charge in [0.1, 0.15) is 18.1 Å². The molecule has 1 rings (SSSR count). The molecule has 0 radical (unpaired) electrons. The minimum absolute atomic E-state index is 0.0999. The summed E-state index contributed by atoms with van der Waals surface area (Å²) in [4.78, 5) is 8.01. The molecule has 0 unspecified atom stereocenters. The zero-order valence-electron chi connectivity index (χ0n) is 8.78. The van der Waals surface area contributed by atoms with Crippen molar-refractivity contribution < 1.29 is 9.47 Å². The van der Waals surface area contributed by atoms with Crippen molar-refractivity contribution >= 4 is 5.84 Å². The van der Waals surface area contributed by atoms with Crippen molar-refractivity contribution in [2.75, 3.05) is 20.3 Å². The SMILES string of the molecule is COCCOc1nc(C)cc(C(=N)N)n1. The quantitative estimate of drug-likeness (QED) is 0.408. The highest BCUT2D eigenvalue weighted by molar-refractivity contribution is 5.93. The van der Waals surface area contributed by atoms with Crippen LogP contribution in [0.15, 0.2) is 6.07 Å². The molecule has 0 aliphatic rings. The average molecular weight is 210 g/mol. The number of nitrogens with zero attached hydrogens (tertiary/aromatic N) is 2. The summed E-state index contributed by atoms with van der Waals surface area (Å²) in [7, 11) is 1.58. The molecule has 0 saturated heterocycles. The third-order valence-electron chi connectivity index (χ3n) is 1.63. The third kappa shape index (κ3) is 3.51. The zero-order chi connectivity index (χ0) is 11.3. The summed E-state index contributed by atoms with van der Waals surface area (Å²) in [6.45, 7) is 2.63. The summed E-state index contributed by atoms with van der Waals surface area (Å²) < 4.78 is 10.0. The van der Waals surface area contributed by atoms with Crippen molar-refractivity contribution in [1.29, 1.82) is 5.41 Å². The number of nitrogens with two attached hydrogens (primary N) is 1. The molecule has 0 fully saturated rings. The average Bonchev–Trinajstić information content (AvgIpc) is 2.17. The molecule has 0 saturated carbocycles. The van der Waals surface area contributed by atoms with Gasteiger partial charge in [-0.2, -0.15) is 4.98 Å². The van der Waals surface area contributed by atoms with Crippen molar-refractivity contribution in [3.05, 3.63) is 17.5 Å². The van der Waals surface area contributed by atoms with Gasteiger partial charge >= 0.3 is 6.01 Å². The molecule has 0 aliphatic carbocycles. The third-order valence-corrected chi connectivity index (χ3v) is 1.63. The first-order valence-electron chi connectivity index (χ1n) is 4.45. The Hall–Kier alpha value is -1.69. The molecule has 0 spiro atoms. The van der Waals surface area contributed by atoms with E-state index in [4.69, 9.17) is 20.6 Å². The van der Waals surface area contributed by atoms with Gasteiger partial charge in [-0.25, -0.2) is 4.98 Å². The van der Waals surface area contributed by atoms with Crippen molar-refractivity contribution in [1.82, 2.24) is 9.97 Å². The van der Waals surface area contributed by atoms with Crippen LogP contribution in [0, 0.1) is 12.3 Å². The first kappa shape index (κ1) is 11.4. The van der Waals surface area contributed by atoms with E-state index in [2.05, 4.69) is 9.97 Å². The van der Waals surface area contributed by atoms with E-state index in [1.54, 1.807) is 20.1 Å². The lowest BCUT2D eigenvalue weighted by atomic mass is 10.3. The molecular formula is C9H14N4O2. The Labute approximate surface area is 87.9 Å². The van der Waals surface area contributed by atoms with Gasteiger partial charge in [0, 0.05) is 12.8 Å². The lowest BCUT2D eigenvalue weighted by molar-refractivity contribution is 0.140. The number of hydrogen-bond donors (Lipinski definition) is 2. The fourth-order valence-corrected chi connectivity index (χ4v) is 0.960. The van der Waals surface area contributed by atoms with Crippen LogP contribution in [0.4, 0.5) is 0 Å². The molecular weight excluding hydrogens is 196 g/mol. The molecule has 1 aromatic rings. The summed E-state index contributed by atoms with van der Waals surface area (Å²) in [5.41, 5.74) is 6.40. The van der Waals surface area contributed by atoms with Crippen LogP contribution in [-0.4, -0.2) is 36.1 Å². The molecule has 0 aromatic carbocycles. The van der Waals surface area contributed by atoms with E-state index in [0.717, 1.165) is 0 Å². The smallest absolute Gasteiger partial charge is 0.317 e. The maximum atomic E-state index is 7.25. The van der Waals surface area contributed by atoms with E-state index < -0.39 is 0 Å². The Balaban J connectivity index is 2.75. The van der Waals surface area contributed by atoms with Gasteiger partial charge in [0.2, 0.25) is 0 Å². The summed E-state index contributed by atoms with van der Waals surface area (Å²) in [6, 6.07) is 1.85. The number of nitrogens with one attached hydrogen (secondary N) is 1. The highest BCUT2D eigenvalue weighted by Gasteiger charge is 2.05. The Kier molecular flexibility index (Phi) is 3.99. The first-order chi connectivity index (χ1) is 7.13. The molecule has 1 heterocycles. The Morgan fingerprint density at radius 3 is 2.80 bits per heavy atom. The molecule has 6 nitrogen and oxygen atoms in total. The lowest BCUT2D eigenvalue weighted by Crippen LogP contribution is -2.15. The van der Waals surface area contributed by atoms with Gasteiger partial charge in [0.25, 0.3) is 0 Å². The van der Waals surface area contributed by atoms with E-state index in [9.17, 15) is 0 Å². The normalized spacial score (nSPS) is 10.0. The predicted octanol–water partition coefficient (Wildman–Crippen LogP) is 0.0943.